The summed E-state index contributed by atoms with van der Waals surface area (Å²) in [6, 6.07) is 6.35. The minimum Gasteiger partial charge on any atom is -0.355 e. The fourth-order valence-electron chi connectivity index (χ4n) is 4.79. The van der Waals surface area contributed by atoms with Crippen LogP contribution in [0.4, 0.5) is 13.2 Å². The number of aryl methyl sites for hydroxylation is 1. The van der Waals surface area contributed by atoms with Gasteiger partial charge in [0.25, 0.3) is 0 Å². The number of sulfonamides is 1. The third-order valence-electron chi connectivity index (χ3n) is 6.85. The van der Waals surface area contributed by atoms with Crippen LogP contribution in [0, 0.1) is 0 Å². The maximum Gasteiger partial charge on any atom is 0.416 e. The van der Waals surface area contributed by atoms with Gasteiger partial charge in [0.1, 0.15) is 5.82 Å². The van der Waals surface area contributed by atoms with Crippen LogP contribution < -0.4 is 5.32 Å². The lowest BCUT2D eigenvalue weighted by Crippen LogP contribution is -2.55. The van der Waals surface area contributed by atoms with Gasteiger partial charge in [-0.2, -0.15) is 17.5 Å². The van der Waals surface area contributed by atoms with Gasteiger partial charge in [0.2, 0.25) is 22.4 Å². The van der Waals surface area contributed by atoms with Crippen LogP contribution in [-0.4, -0.2) is 96.4 Å². The molecule has 14 heteroatoms. The van der Waals surface area contributed by atoms with E-state index in [1.807, 2.05) is 9.80 Å². The summed E-state index contributed by atoms with van der Waals surface area (Å²) >= 11 is 0. The highest BCUT2D eigenvalue weighted by Crippen LogP contribution is 2.31. The summed E-state index contributed by atoms with van der Waals surface area (Å²) in [4.78, 5) is 27.7. The number of likely N-dealkylation sites (N-methyl/N-ethyl adjacent to an activating group) is 1. The second-order valence-electron chi connectivity index (χ2n) is 9.72. The normalized spacial score (nSPS) is 17.7. The third kappa shape index (κ3) is 7.56. The molecule has 1 fully saturated rings. The smallest absolute Gasteiger partial charge is 0.355 e. The van der Waals surface area contributed by atoms with Crippen molar-refractivity contribution in [2.75, 3.05) is 45.5 Å². The number of hydrogen-bond donors (Lipinski definition) is 1. The Morgan fingerprint density at radius 3 is 2.48 bits per heavy atom. The van der Waals surface area contributed by atoms with Crippen LogP contribution in [0.3, 0.4) is 0 Å². The second-order valence-corrected chi connectivity index (χ2v) is 11.7. The van der Waals surface area contributed by atoms with Gasteiger partial charge in [-0.3, -0.25) is 4.79 Å². The number of nitrogens with zero attached hydrogens (tertiary/aromatic N) is 6. The number of rotatable bonds is 10. The Morgan fingerprint density at radius 1 is 1.10 bits per heavy atom. The third-order valence-corrected chi connectivity index (χ3v) is 8.82. The van der Waals surface area contributed by atoms with E-state index in [9.17, 15) is 26.4 Å². The molecular formula is C26H32F3N7O3S. The average molecular weight is 580 g/mol. The van der Waals surface area contributed by atoms with Crippen LogP contribution in [0.5, 0.6) is 0 Å². The SMILES string of the molecule is CN1CC(c2cccc(C(F)(F)F)c2)=CN=C1N1CCN(S(=O)(=O)CC(CCCc2ncccn2)NC=O)CC1. The molecule has 10 nitrogen and oxygen atoms in total. The molecule has 1 N–H and O–H groups in total. The van der Waals surface area contributed by atoms with Crippen molar-refractivity contribution in [3.05, 3.63) is 65.9 Å². The zero-order valence-corrected chi connectivity index (χ0v) is 22.9. The molecule has 0 spiro atoms. The molecule has 3 heterocycles. The van der Waals surface area contributed by atoms with E-state index in [4.69, 9.17) is 0 Å². The number of aliphatic imine (C=N–C) groups is 1. The van der Waals surface area contributed by atoms with Gasteiger partial charge in [-0.05, 0) is 42.2 Å². The van der Waals surface area contributed by atoms with Crippen LogP contribution in [0.25, 0.3) is 5.57 Å². The highest BCUT2D eigenvalue weighted by molar-refractivity contribution is 7.89. The van der Waals surface area contributed by atoms with Crippen molar-refractivity contribution in [1.82, 2.24) is 29.4 Å². The second kappa shape index (κ2) is 12.8. The number of amides is 1. The van der Waals surface area contributed by atoms with Crippen LogP contribution in [-0.2, 0) is 27.4 Å². The fourth-order valence-corrected chi connectivity index (χ4v) is 6.49. The van der Waals surface area contributed by atoms with Gasteiger partial charge in [0, 0.05) is 70.8 Å². The predicted molar refractivity (Wildman–Crippen MR) is 144 cm³/mol. The molecular weight excluding hydrogens is 547 g/mol. The van der Waals surface area contributed by atoms with E-state index in [0.717, 1.165) is 12.1 Å². The van der Waals surface area contributed by atoms with Gasteiger partial charge in [-0.15, -0.1) is 0 Å². The number of guanidine groups is 1. The van der Waals surface area contributed by atoms with Crippen molar-refractivity contribution in [3.8, 4) is 0 Å². The van der Waals surface area contributed by atoms with Gasteiger partial charge in [-0.1, -0.05) is 12.1 Å². The minimum absolute atomic E-state index is 0.203. The van der Waals surface area contributed by atoms with Crippen LogP contribution in [0.15, 0.2) is 53.9 Å². The standard InChI is InChI=1S/C26H32F3N7O3S/c1-34-17-21(20-5-2-6-22(15-20)26(27,28)29)16-32-25(34)35-11-13-36(14-12-35)40(38,39)18-23(33-19-37)7-3-8-24-30-9-4-10-31-24/h2,4-6,9-10,15-16,19,23H,3,7-8,11-14,17-18H2,1H3,(H,33,37). The Morgan fingerprint density at radius 2 is 1.82 bits per heavy atom. The zero-order valence-electron chi connectivity index (χ0n) is 22.1. The largest absolute Gasteiger partial charge is 0.416 e. The molecule has 1 unspecified atom stereocenters. The molecule has 1 atom stereocenters. The van der Waals surface area contributed by atoms with Crippen molar-refractivity contribution in [1.29, 1.82) is 0 Å². The van der Waals surface area contributed by atoms with Gasteiger partial charge in [-0.25, -0.2) is 23.4 Å². The maximum atomic E-state index is 13.1. The van der Waals surface area contributed by atoms with Crippen LogP contribution in [0.2, 0.25) is 0 Å². The molecule has 2 aliphatic rings. The van der Waals surface area contributed by atoms with Crippen molar-refractivity contribution < 1.29 is 26.4 Å². The lowest BCUT2D eigenvalue weighted by molar-refractivity contribution is -0.137. The number of nitrogens with one attached hydrogen (secondary N) is 1. The molecule has 1 aromatic heterocycles. The lowest BCUT2D eigenvalue weighted by atomic mass is 10.0. The lowest BCUT2D eigenvalue weighted by Gasteiger charge is -2.39. The topological polar surface area (TPSA) is 111 Å². The summed E-state index contributed by atoms with van der Waals surface area (Å²) in [6.45, 7) is 1.69. The molecule has 2 aliphatic heterocycles. The minimum atomic E-state index is -4.42. The molecule has 2 aromatic rings. The number of piperazine rings is 1. The summed E-state index contributed by atoms with van der Waals surface area (Å²) in [6.07, 6.45) is 2.65. The van der Waals surface area contributed by atoms with E-state index >= 15 is 0 Å². The zero-order chi connectivity index (χ0) is 28.8. The maximum absolute atomic E-state index is 13.1. The summed E-state index contributed by atoms with van der Waals surface area (Å²) in [7, 11) is -1.83. The van der Waals surface area contributed by atoms with E-state index in [-0.39, 0.29) is 18.8 Å². The van der Waals surface area contributed by atoms with Crippen molar-refractivity contribution in [2.45, 2.75) is 31.5 Å². The van der Waals surface area contributed by atoms with E-state index in [1.165, 1.54) is 10.4 Å². The Balaban J connectivity index is 1.34. The van der Waals surface area contributed by atoms with Gasteiger partial charge >= 0.3 is 6.18 Å². The first-order valence-electron chi connectivity index (χ1n) is 12.9. The number of hydrogen-bond acceptors (Lipinski definition) is 8. The Kier molecular flexibility index (Phi) is 9.40. The van der Waals surface area contributed by atoms with Crippen LogP contribution in [0.1, 0.15) is 29.8 Å². The van der Waals surface area contributed by atoms with Crippen molar-refractivity contribution in [3.63, 3.8) is 0 Å². The number of halogens is 3. The van der Waals surface area contributed by atoms with Crippen molar-refractivity contribution >= 4 is 28.0 Å². The monoisotopic (exact) mass is 579 g/mol. The summed E-state index contributed by atoms with van der Waals surface area (Å²) in [5, 5.41) is 2.63. The van der Waals surface area contributed by atoms with Crippen LogP contribution >= 0.6 is 0 Å². The predicted octanol–water partition coefficient (Wildman–Crippen LogP) is 2.22. The number of benzene rings is 1. The Bertz CT molecular complexity index is 1330. The van der Waals surface area contributed by atoms with Gasteiger partial charge in [0.05, 0.1) is 11.3 Å². The summed E-state index contributed by atoms with van der Waals surface area (Å²) in [5.74, 6) is 1.10. The molecule has 0 bridgehead atoms. The van der Waals surface area contributed by atoms with Gasteiger partial charge in [0.15, 0.2) is 0 Å². The number of alkyl halides is 3. The number of aromatic nitrogens is 2. The number of carbonyl (C=O) groups is 1. The molecule has 0 saturated carbocycles. The summed E-state index contributed by atoms with van der Waals surface area (Å²) < 4.78 is 67.1. The van der Waals surface area contributed by atoms with Crippen molar-refractivity contribution in [2.24, 2.45) is 4.99 Å². The molecule has 0 aliphatic carbocycles. The van der Waals surface area contributed by atoms with E-state index < -0.39 is 27.8 Å². The fraction of sp³-hybridized carbons (Fsp3) is 0.462. The molecule has 1 amide bonds. The van der Waals surface area contributed by atoms with E-state index in [0.29, 0.717) is 68.2 Å². The van der Waals surface area contributed by atoms with Gasteiger partial charge < -0.3 is 15.1 Å². The first kappa shape index (κ1) is 29.5. The molecule has 0 radical (unpaired) electrons. The molecule has 40 heavy (non-hydrogen) atoms. The Hall–Kier alpha value is -3.52. The molecule has 1 saturated heterocycles. The quantitative estimate of drug-likeness (QED) is 0.430. The Labute approximate surface area is 231 Å². The first-order chi connectivity index (χ1) is 19.1. The molecule has 4 rings (SSSR count). The summed E-state index contributed by atoms with van der Waals surface area (Å²) in [5.41, 5.74) is 0.401. The molecule has 1 aromatic carbocycles. The highest BCUT2D eigenvalue weighted by atomic mass is 32.2. The number of carbonyl (C=O) groups excluding carboxylic acids is 1. The molecule has 216 valence electrons. The van der Waals surface area contributed by atoms with E-state index in [2.05, 4.69) is 20.3 Å². The van der Waals surface area contributed by atoms with E-state index in [1.54, 1.807) is 37.8 Å². The highest BCUT2D eigenvalue weighted by Gasteiger charge is 2.33. The average Bonchev–Trinajstić information content (AvgIpc) is 2.93. The first-order valence-corrected chi connectivity index (χ1v) is 14.5.